The number of fused-ring (bicyclic) bond motifs is 4. The van der Waals surface area contributed by atoms with Crippen LogP contribution in [0.2, 0.25) is 0 Å². The molecular formula is C23H20BrN5O. The van der Waals surface area contributed by atoms with Gasteiger partial charge in [-0.15, -0.1) is 0 Å². The summed E-state index contributed by atoms with van der Waals surface area (Å²) >= 11 is 3.48. The molecule has 0 amide bonds. The zero-order valence-corrected chi connectivity index (χ0v) is 18.3. The van der Waals surface area contributed by atoms with E-state index in [0.29, 0.717) is 34.7 Å². The van der Waals surface area contributed by atoms with E-state index in [4.69, 9.17) is 9.97 Å². The van der Waals surface area contributed by atoms with Crippen molar-refractivity contribution < 1.29 is 0 Å². The third-order valence-corrected chi connectivity index (χ3v) is 5.79. The zero-order chi connectivity index (χ0) is 20.8. The van der Waals surface area contributed by atoms with Crippen molar-refractivity contribution in [3.63, 3.8) is 0 Å². The number of aromatic nitrogens is 5. The Hall–Kier alpha value is -3.06. The van der Waals surface area contributed by atoms with Gasteiger partial charge >= 0.3 is 0 Å². The fourth-order valence-corrected chi connectivity index (χ4v) is 3.93. The highest BCUT2D eigenvalue weighted by molar-refractivity contribution is 9.10. The predicted octanol–water partition coefficient (Wildman–Crippen LogP) is 5.09. The fourth-order valence-electron chi connectivity index (χ4n) is 3.66. The lowest BCUT2D eigenvalue weighted by Gasteiger charge is -2.09. The summed E-state index contributed by atoms with van der Waals surface area (Å²) in [4.78, 5) is 27.8. The average molecular weight is 462 g/mol. The first-order valence-electron chi connectivity index (χ1n) is 9.95. The van der Waals surface area contributed by atoms with Crippen LogP contribution in [0.25, 0.3) is 38.9 Å². The highest BCUT2D eigenvalue weighted by Crippen LogP contribution is 2.28. The maximum absolute atomic E-state index is 13.4. The van der Waals surface area contributed by atoms with Crippen molar-refractivity contribution in [3.05, 3.63) is 69.7 Å². The minimum Gasteiger partial charge on any atom is -0.299 e. The molecule has 7 heteroatoms. The van der Waals surface area contributed by atoms with Gasteiger partial charge in [0.2, 0.25) is 0 Å². The van der Waals surface area contributed by atoms with E-state index in [2.05, 4.69) is 34.8 Å². The van der Waals surface area contributed by atoms with Crippen molar-refractivity contribution in [2.75, 3.05) is 0 Å². The molecule has 0 atom stereocenters. The Labute approximate surface area is 181 Å². The highest BCUT2D eigenvalue weighted by Gasteiger charge is 2.20. The smallest absolute Gasteiger partial charge is 0.265 e. The molecule has 6 nitrogen and oxygen atoms in total. The van der Waals surface area contributed by atoms with Gasteiger partial charge in [-0.3, -0.25) is 13.9 Å². The lowest BCUT2D eigenvalue weighted by molar-refractivity contribution is 0.506. The Kier molecular flexibility index (Phi) is 4.62. The van der Waals surface area contributed by atoms with Gasteiger partial charge in [0.25, 0.3) is 5.56 Å². The molecule has 0 saturated carbocycles. The van der Waals surface area contributed by atoms with Crippen LogP contribution >= 0.6 is 15.9 Å². The summed E-state index contributed by atoms with van der Waals surface area (Å²) in [5.41, 5.74) is 4.15. The van der Waals surface area contributed by atoms with Crippen molar-refractivity contribution in [3.8, 4) is 5.69 Å². The monoisotopic (exact) mass is 461 g/mol. The van der Waals surface area contributed by atoms with Gasteiger partial charge in [-0.1, -0.05) is 41.9 Å². The van der Waals surface area contributed by atoms with Crippen LogP contribution in [0, 0.1) is 5.92 Å². The molecule has 30 heavy (non-hydrogen) atoms. The lowest BCUT2D eigenvalue weighted by Crippen LogP contribution is -2.21. The summed E-state index contributed by atoms with van der Waals surface area (Å²) in [7, 11) is 0. The fraction of sp³-hybridized carbons (Fsp3) is 0.217. The second-order valence-corrected chi connectivity index (χ2v) is 8.74. The largest absolute Gasteiger partial charge is 0.299 e. The van der Waals surface area contributed by atoms with Gasteiger partial charge in [0.15, 0.2) is 11.3 Å². The van der Waals surface area contributed by atoms with E-state index in [9.17, 15) is 4.79 Å². The van der Waals surface area contributed by atoms with Crippen LogP contribution in [0.5, 0.6) is 0 Å². The van der Waals surface area contributed by atoms with Gasteiger partial charge in [0, 0.05) is 16.7 Å². The van der Waals surface area contributed by atoms with E-state index in [0.717, 1.165) is 27.6 Å². The molecule has 0 aliphatic heterocycles. The maximum atomic E-state index is 13.4. The number of benzene rings is 2. The van der Waals surface area contributed by atoms with Gasteiger partial charge in [0.05, 0.1) is 17.4 Å². The van der Waals surface area contributed by atoms with Crippen LogP contribution in [-0.2, 0) is 6.54 Å². The standard InChI is InChI=1S/C23H20BrN5O/c1-14(2)11-12-28-13-25-21-19(23(28)30)20-22(27-18-6-4-3-5-17(18)26-20)29(21)16-9-7-15(24)8-10-16/h3-10,13-14H,11-12H2,1-2H3. The van der Waals surface area contributed by atoms with Gasteiger partial charge < -0.3 is 0 Å². The van der Waals surface area contributed by atoms with Gasteiger partial charge in [-0.2, -0.15) is 0 Å². The first-order valence-corrected chi connectivity index (χ1v) is 10.7. The van der Waals surface area contributed by atoms with Crippen molar-refractivity contribution in [1.82, 2.24) is 24.1 Å². The summed E-state index contributed by atoms with van der Waals surface area (Å²) < 4.78 is 4.59. The molecule has 5 aromatic rings. The van der Waals surface area contributed by atoms with Gasteiger partial charge in [0.1, 0.15) is 10.9 Å². The van der Waals surface area contributed by atoms with E-state index in [1.807, 2.05) is 53.1 Å². The number of aryl methyl sites for hydroxylation is 1. The summed E-state index contributed by atoms with van der Waals surface area (Å²) in [6, 6.07) is 15.6. The van der Waals surface area contributed by atoms with Crippen molar-refractivity contribution in [2.24, 2.45) is 5.92 Å². The Morgan fingerprint density at radius 2 is 1.67 bits per heavy atom. The molecule has 0 bridgehead atoms. The minimum absolute atomic E-state index is 0.0777. The molecule has 0 N–H and O–H groups in total. The van der Waals surface area contributed by atoms with Crippen LogP contribution in [0.1, 0.15) is 20.3 Å². The number of halogens is 1. The Morgan fingerprint density at radius 1 is 0.967 bits per heavy atom. The summed E-state index contributed by atoms with van der Waals surface area (Å²) in [6.45, 7) is 4.92. The van der Waals surface area contributed by atoms with Crippen molar-refractivity contribution in [2.45, 2.75) is 26.8 Å². The molecular weight excluding hydrogens is 442 g/mol. The molecule has 3 aromatic heterocycles. The molecule has 0 aliphatic carbocycles. The summed E-state index contributed by atoms with van der Waals surface area (Å²) in [6.07, 6.45) is 2.55. The van der Waals surface area contributed by atoms with Crippen LogP contribution < -0.4 is 5.56 Å². The molecule has 0 fully saturated rings. The number of nitrogens with zero attached hydrogens (tertiary/aromatic N) is 5. The van der Waals surface area contributed by atoms with Crippen LogP contribution in [-0.4, -0.2) is 24.1 Å². The maximum Gasteiger partial charge on any atom is 0.265 e. The second-order valence-electron chi connectivity index (χ2n) is 7.82. The van der Waals surface area contributed by atoms with E-state index < -0.39 is 0 Å². The topological polar surface area (TPSA) is 65.6 Å². The molecule has 0 saturated heterocycles. The highest BCUT2D eigenvalue weighted by atomic mass is 79.9. The number of para-hydroxylation sites is 2. The van der Waals surface area contributed by atoms with Crippen molar-refractivity contribution >= 4 is 49.2 Å². The molecule has 5 rings (SSSR count). The summed E-state index contributed by atoms with van der Waals surface area (Å²) in [5, 5.41) is 0.512. The molecule has 3 heterocycles. The quantitative estimate of drug-likeness (QED) is 0.373. The first kappa shape index (κ1) is 18.9. The molecule has 0 unspecified atom stereocenters. The van der Waals surface area contributed by atoms with Crippen LogP contribution in [0.4, 0.5) is 0 Å². The Morgan fingerprint density at radius 3 is 2.37 bits per heavy atom. The van der Waals surface area contributed by atoms with Crippen LogP contribution in [0.3, 0.4) is 0 Å². The average Bonchev–Trinajstić information content (AvgIpc) is 3.06. The van der Waals surface area contributed by atoms with E-state index in [1.165, 1.54) is 0 Å². The Bertz CT molecular complexity index is 1450. The third kappa shape index (κ3) is 3.10. The minimum atomic E-state index is -0.0777. The normalized spacial score (nSPS) is 11.9. The summed E-state index contributed by atoms with van der Waals surface area (Å²) in [5.74, 6) is 0.500. The molecule has 150 valence electrons. The lowest BCUT2D eigenvalue weighted by atomic mass is 10.1. The number of rotatable bonds is 4. The Balaban J connectivity index is 1.88. The first-order chi connectivity index (χ1) is 14.5. The SMILES string of the molecule is CC(C)CCn1cnc2c(c1=O)c1nc3ccccc3nc1n2-c1ccc(Br)cc1. The molecule has 0 aliphatic rings. The van der Waals surface area contributed by atoms with Crippen molar-refractivity contribution in [1.29, 1.82) is 0 Å². The van der Waals surface area contributed by atoms with Crippen LogP contribution in [0.15, 0.2) is 64.1 Å². The third-order valence-electron chi connectivity index (χ3n) is 5.26. The van der Waals surface area contributed by atoms with E-state index in [-0.39, 0.29) is 5.56 Å². The number of hydrogen-bond donors (Lipinski definition) is 0. The van der Waals surface area contributed by atoms with E-state index >= 15 is 0 Å². The molecule has 0 radical (unpaired) electrons. The zero-order valence-electron chi connectivity index (χ0n) is 16.7. The molecule has 2 aromatic carbocycles. The van der Waals surface area contributed by atoms with Gasteiger partial charge in [-0.25, -0.2) is 15.0 Å². The van der Waals surface area contributed by atoms with E-state index in [1.54, 1.807) is 10.9 Å². The second kappa shape index (κ2) is 7.32. The predicted molar refractivity (Wildman–Crippen MR) is 123 cm³/mol. The molecule has 0 spiro atoms. The number of hydrogen-bond acceptors (Lipinski definition) is 4. The van der Waals surface area contributed by atoms with Gasteiger partial charge in [-0.05, 0) is 48.7 Å².